The zero-order chi connectivity index (χ0) is 18.3. The van der Waals surface area contributed by atoms with Gasteiger partial charge in [0.15, 0.2) is 11.5 Å². The summed E-state index contributed by atoms with van der Waals surface area (Å²) in [4.78, 5) is 0. The van der Waals surface area contributed by atoms with Gasteiger partial charge in [-0.1, -0.05) is 50.6 Å². The van der Waals surface area contributed by atoms with E-state index >= 15 is 0 Å². The van der Waals surface area contributed by atoms with Crippen LogP contribution in [0.1, 0.15) is 31.9 Å². The zero-order valence-corrected chi connectivity index (χ0v) is 18.5. The average molecular weight is 418 g/mol. The third-order valence-electron chi connectivity index (χ3n) is 3.80. The van der Waals surface area contributed by atoms with Gasteiger partial charge in [-0.2, -0.15) is 0 Å². The van der Waals surface area contributed by atoms with Gasteiger partial charge in [-0.25, -0.2) is 0 Å². The van der Waals surface area contributed by atoms with Crippen molar-refractivity contribution in [1.82, 2.24) is 0 Å². The summed E-state index contributed by atoms with van der Waals surface area (Å²) >= 11 is 0. The van der Waals surface area contributed by atoms with Crippen molar-refractivity contribution < 1.29 is 42.2 Å². The predicted octanol–water partition coefficient (Wildman–Crippen LogP) is 5.13. The van der Waals surface area contributed by atoms with Crippen molar-refractivity contribution in [2.45, 2.75) is 32.7 Å². The van der Waals surface area contributed by atoms with Crippen LogP contribution >= 0.6 is 0 Å². The van der Waals surface area contributed by atoms with Gasteiger partial charge in [-0.05, 0) is 28.7 Å². The fourth-order valence-corrected chi connectivity index (χ4v) is 2.49. The third kappa shape index (κ3) is 6.05. The summed E-state index contributed by atoms with van der Waals surface area (Å²) in [6.45, 7) is 6.82. The number of benzene rings is 2. The van der Waals surface area contributed by atoms with E-state index in [1.165, 1.54) is 5.56 Å². The van der Waals surface area contributed by atoms with E-state index in [9.17, 15) is 0 Å². The molecule has 0 fully saturated rings. The Labute approximate surface area is 176 Å². The van der Waals surface area contributed by atoms with Crippen LogP contribution in [0.25, 0.3) is 22.7 Å². The molecule has 0 saturated heterocycles. The Bertz CT molecular complexity index is 653. The maximum absolute atomic E-state index is 7.62. The molecule has 2 aromatic rings. The molecule has 0 unspecified atom stereocenters. The van der Waals surface area contributed by atoms with Gasteiger partial charge in [0.1, 0.15) is 0 Å². The van der Waals surface area contributed by atoms with E-state index in [0.717, 1.165) is 16.7 Å². The van der Waals surface area contributed by atoms with Crippen LogP contribution in [0.4, 0.5) is 0 Å². The zero-order valence-electron chi connectivity index (χ0n) is 15.6. The Hall–Kier alpha value is -0.976. The first-order valence-corrected chi connectivity index (χ1v) is 7.70. The number of ether oxygens (including phenoxy) is 2. The first-order chi connectivity index (χ1) is 11.4. The summed E-state index contributed by atoms with van der Waals surface area (Å²) in [6, 6.07) is 12.4. The molecule has 1 radical (unpaired) electrons. The largest absolute Gasteiger partial charge is 0.674 e. The van der Waals surface area contributed by atoms with E-state index in [1.54, 1.807) is 14.2 Å². The molecule has 0 aliphatic heterocycles. The number of rotatable bonds is 4. The van der Waals surface area contributed by atoms with Gasteiger partial charge in [0.25, 0.3) is 0 Å². The molecular weight excluding hydrogens is 391 g/mol. The van der Waals surface area contributed by atoms with Crippen molar-refractivity contribution in [2.75, 3.05) is 14.2 Å². The maximum Gasteiger partial charge on any atom is 0.168 e. The Kier molecular flexibility index (Phi) is 10.5. The van der Waals surface area contributed by atoms with E-state index in [0.29, 0.717) is 11.5 Å². The molecule has 0 bridgehead atoms. The smallest absolute Gasteiger partial charge is 0.168 e. The van der Waals surface area contributed by atoms with Crippen molar-refractivity contribution in [3.63, 3.8) is 0 Å². The van der Waals surface area contributed by atoms with Gasteiger partial charge >= 0.3 is 0 Å². The second-order valence-corrected chi connectivity index (χ2v) is 6.38. The van der Waals surface area contributed by atoms with E-state index < -0.39 is 0 Å². The monoisotopic (exact) mass is 418 g/mol. The van der Waals surface area contributed by atoms with Gasteiger partial charge in [0.2, 0.25) is 0 Å². The predicted molar refractivity (Wildman–Crippen MR) is 100 cm³/mol. The summed E-state index contributed by atoms with van der Waals surface area (Å²) in [5, 5.41) is 0. The molecule has 0 aliphatic carbocycles. The number of nitrogens with one attached hydrogen (secondary N) is 2. The molecule has 0 spiro atoms. The number of methoxy groups -OCH3 is 2. The van der Waals surface area contributed by atoms with Crippen LogP contribution in [0, 0.1) is 0 Å². The van der Waals surface area contributed by atoms with Crippen LogP contribution in [-0.2, 0) is 44.7 Å². The van der Waals surface area contributed by atoms with Crippen molar-refractivity contribution >= 4 is 0 Å². The fraction of sp³-hybridized carbons (Fsp3) is 0.368. The summed E-state index contributed by atoms with van der Waals surface area (Å²) in [5.74, 6) is 10.4. The van der Waals surface area contributed by atoms with Crippen LogP contribution < -0.4 is 15.3 Å². The molecule has 0 aromatic heterocycles. The van der Waals surface area contributed by atoms with Gasteiger partial charge in [0.05, 0.1) is 14.2 Å². The molecule has 2 rings (SSSR count). The van der Waals surface area contributed by atoms with Gasteiger partial charge in [-0.3, -0.25) is 0 Å². The Balaban J connectivity index is 0.00000185. The Morgan fingerprint density at radius 2 is 1.52 bits per heavy atom. The molecule has 4 N–H and O–H groups in total. The van der Waals surface area contributed by atoms with Gasteiger partial charge < -0.3 is 26.9 Å². The minimum atomic E-state index is 0. The number of nitrogens with two attached hydrogens (primary N) is 1. The molecular formula is C19H27N3O2Y-2. The second kappa shape index (κ2) is 10.9. The van der Waals surface area contributed by atoms with E-state index in [1.807, 2.05) is 12.1 Å². The third-order valence-corrected chi connectivity index (χ3v) is 3.80. The molecule has 25 heavy (non-hydrogen) atoms. The van der Waals surface area contributed by atoms with Gasteiger partial charge in [-0.15, -0.1) is 6.54 Å². The van der Waals surface area contributed by atoms with Crippen LogP contribution in [0.15, 0.2) is 36.4 Å². The first-order valence-electron chi connectivity index (χ1n) is 7.70. The quantitative estimate of drug-likeness (QED) is 0.551. The van der Waals surface area contributed by atoms with Crippen molar-refractivity contribution in [3.8, 4) is 22.6 Å². The van der Waals surface area contributed by atoms with Gasteiger partial charge in [0, 0.05) is 38.3 Å². The standard InChI is InChI=1S/C19H24NO2.H3N2.Y/c1-19(2,3)15-8-6-14(7-9-15)16-10-13(12-20)11-17(21-4)18(16)22-5;1-2;/h6-11,20H,12H2,1-5H3;1H,2H2;/q2*-1;. The summed E-state index contributed by atoms with van der Waals surface area (Å²) in [5.41, 5.74) is 12.0. The molecule has 0 amide bonds. The number of hydrogen-bond acceptors (Lipinski definition) is 3. The molecule has 0 saturated carbocycles. The second-order valence-electron chi connectivity index (χ2n) is 6.38. The first kappa shape index (κ1) is 24.0. The minimum absolute atomic E-state index is 0. The van der Waals surface area contributed by atoms with Crippen molar-refractivity contribution in [3.05, 3.63) is 59.1 Å². The maximum atomic E-state index is 7.62. The van der Waals surface area contributed by atoms with Crippen molar-refractivity contribution in [1.29, 1.82) is 0 Å². The average Bonchev–Trinajstić information content (AvgIpc) is 2.61. The van der Waals surface area contributed by atoms with Crippen LogP contribution in [0.5, 0.6) is 11.5 Å². The fourth-order valence-electron chi connectivity index (χ4n) is 2.49. The van der Waals surface area contributed by atoms with Crippen LogP contribution in [0.3, 0.4) is 0 Å². The van der Waals surface area contributed by atoms with Crippen molar-refractivity contribution in [2.24, 2.45) is 5.84 Å². The number of hydrogen-bond donors (Lipinski definition) is 1. The molecule has 0 atom stereocenters. The van der Waals surface area contributed by atoms with E-state index in [2.05, 4.69) is 50.9 Å². The summed E-state index contributed by atoms with van der Waals surface area (Å²) in [6.07, 6.45) is 0. The SMILES string of the molecule is COc1cc(C[NH-])cc(-c2ccc(C(C)(C)C)cc2)c1OC.[NH-]N.[Y]. The molecule has 5 nitrogen and oxygen atoms in total. The van der Waals surface area contributed by atoms with E-state index in [4.69, 9.17) is 21.1 Å². The molecule has 6 heteroatoms. The Morgan fingerprint density at radius 1 is 0.960 bits per heavy atom. The minimum Gasteiger partial charge on any atom is -0.674 e. The van der Waals surface area contributed by atoms with Crippen LogP contribution in [0.2, 0.25) is 0 Å². The van der Waals surface area contributed by atoms with E-state index in [-0.39, 0.29) is 44.7 Å². The molecule has 2 aromatic carbocycles. The normalized spacial score (nSPS) is 10.2. The van der Waals surface area contributed by atoms with Crippen LogP contribution in [-0.4, -0.2) is 14.2 Å². The Morgan fingerprint density at radius 3 is 1.92 bits per heavy atom. The molecule has 0 aliphatic rings. The molecule has 0 heterocycles. The molecule has 135 valence electrons. The summed E-state index contributed by atoms with van der Waals surface area (Å²) < 4.78 is 10.9. The summed E-state index contributed by atoms with van der Waals surface area (Å²) in [7, 11) is 3.27. The topological polar surface area (TPSA) is 92.1 Å².